The summed E-state index contributed by atoms with van der Waals surface area (Å²) in [6.07, 6.45) is 57.0. The average Bonchev–Trinajstić information content (AvgIpc) is 0.929. The Morgan fingerprint density at radius 3 is 0.710 bits per heavy atom. The molecule has 0 aliphatic carbocycles. The van der Waals surface area contributed by atoms with E-state index in [0.29, 0.717) is 25.7 Å². The SMILES string of the molecule is CCC(C)CCCCCCCCC(=O)OC[C@H](COP(=O)(O)OC[C@H](O)COP(=O)(O)OC[C@@H](COC(=O)CCCCCCCCCCCCCCCCCCCCC(C)C)OC(=O)CCCCCCCCCCCCCCC(C)C)OC(=O)CCCCCCCCCCCCCC(C)C. The molecule has 0 aliphatic rings. The molecule has 0 saturated heterocycles. The van der Waals surface area contributed by atoms with Gasteiger partial charge in [0.15, 0.2) is 12.2 Å². The van der Waals surface area contributed by atoms with Gasteiger partial charge in [-0.15, -0.1) is 0 Å². The van der Waals surface area contributed by atoms with Crippen molar-refractivity contribution in [2.45, 2.75) is 433 Å². The third-order valence-electron chi connectivity index (χ3n) is 19.2. The molecule has 0 aliphatic heterocycles. The average molecular weight is 1470 g/mol. The van der Waals surface area contributed by atoms with Crippen molar-refractivity contribution in [2.75, 3.05) is 39.6 Å². The Labute approximate surface area is 613 Å². The molecule has 0 radical (unpaired) electrons. The first kappa shape index (κ1) is 98.1. The summed E-state index contributed by atoms with van der Waals surface area (Å²) in [5.74, 6) is 0.980. The van der Waals surface area contributed by atoms with Crippen LogP contribution in [-0.2, 0) is 65.4 Å². The lowest BCUT2D eigenvalue weighted by atomic mass is 10.00. The molecule has 0 rings (SSSR count). The quantitative estimate of drug-likeness (QED) is 0.0222. The number of ether oxygens (including phenoxy) is 4. The van der Waals surface area contributed by atoms with Crippen molar-refractivity contribution < 1.29 is 80.2 Å². The zero-order valence-electron chi connectivity index (χ0n) is 65.8. The summed E-state index contributed by atoms with van der Waals surface area (Å²) in [5, 5.41) is 10.6. The van der Waals surface area contributed by atoms with Crippen LogP contribution in [-0.4, -0.2) is 96.7 Å². The number of hydrogen-bond acceptors (Lipinski definition) is 15. The van der Waals surface area contributed by atoms with E-state index in [-0.39, 0.29) is 25.7 Å². The Morgan fingerprint density at radius 1 is 0.280 bits per heavy atom. The molecule has 0 bridgehead atoms. The van der Waals surface area contributed by atoms with Crippen LogP contribution in [0, 0.1) is 23.7 Å². The van der Waals surface area contributed by atoms with Crippen LogP contribution < -0.4 is 0 Å². The molecular formula is C81H158O17P2. The predicted molar refractivity (Wildman–Crippen MR) is 409 cm³/mol. The fourth-order valence-electron chi connectivity index (χ4n) is 12.4. The van der Waals surface area contributed by atoms with E-state index in [1.807, 2.05) is 0 Å². The molecule has 0 spiro atoms. The van der Waals surface area contributed by atoms with Gasteiger partial charge in [0.2, 0.25) is 0 Å². The molecule has 17 nitrogen and oxygen atoms in total. The Kier molecular flexibility index (Phi) is 68.7. The van der Waals surface area contributed by atoms with Crippen LogP contribution in [0.1, 0.15) is 415 Å². The fourth-order valence-corrected chi connectivity index (χ4v) is 14.0. The molecule has 100 heavy (non-hydrogen) atoms. The Morgan fingerprint density at radius 2 is 0.480 bits per heavy atom. The second-order valence-electron chi connectivity index (χ2n) is 30.8. The van der Waals surface area contributed by atoms with Crippen LogP contribution >= 0.6 is 15.6 Å². The number of esters is 4. The van der Waals surface area contributed by atoms with Crippen LogP contribution in [0.15, 0.2) is 0 Å². The highest BCUT2D eigenvalue weighted by Gasteiger charge is 2.30. The van der Waals surface area contributed by atoms with Gasteiger partial charge in [0.05, 0.1) is 26.4 Å². The minimum absolute atomic E-state index is 0.105. The standard InChI is InChI=1S/C81H158O17P2/c1-9-74(8)60-52-44-39-40-46-54-62-79(84)92-68-77(98-81(86)64-56-48-38-32-26-20-23-29-35-43-51-59-73(6)7)70-96-100(89,90)94-66-75(82)65-93-99(87,88)95-69-76(97-80(85)63-55-47-37-31-25-19-18-22-28-34-42-50-58-72(4)5)67-91-78(83)61-53-45-36-30-24-17-15-13-11-10-12-14-16-21-27-33-41-49-57-71(2)3/h71-77,82H,9-70H2,1-8H3,(H,87,88)(H,89,90)/t74?,75-,76-,77-/m1/s1. The molecule has 6 atom stereocenters. The number of hydrogen-bond donors (Lipinski definition) is 3. The van der Waals surface area contributed by atoms with Crippen molar-refractivity contribution >= 4 is 39.5 Å². The number of carbonyl (C=O) groups excluding carboxylic acids is 4. The van der Waals surface area contributed by atoms with Crippen LogP contribution in [0.25, 0.3) is 0 Å². The summed E-state index contributed by atoms with van der Waals surface area (Å²) in [5.41, 5.74) is 0. The Hall–Kier alpha value is -1.94. The molecule has 0 amide bonds. The van der Waals surface area contributed by atoms with Crippen molar-refractivity contribution in [2.24, 2.45) is 23.7 Å². The molecule has 594 valence electrons. The number of aliphatic hydroxyl groups is 1. The molecular weight excluding hydrogens is 1310 g/mol. The van der Waals surface area contributed by atoms with E-state index in [4.69, 9.17) is 37.0 Å². The van der Waals surface area contributed by atoms with Gasteiger partial charge in [-0.2, -0.15) is 0 Å². The number of rotatable bonds is 78. The topological polar surface area (TPSA) is 237 Å². The van der Waals surface area contributed by atoms with E-state index >= 15 is 0 Å². The third kappa shape index (κ3) is 73.0. The van der Waals surface area contributed by atoms with Gasteiger partial charge >= 0.3 is 39.5 Å². The first-order chi connectivity index (χ1) is 48.1. The first-order valence-corrected chi connectivity index (χ1v) is 44.7. The predicted octanol–water partition coefficient (Wildman–Crippen LogP) is 24.0. The van der Waals surface area contributed by atoms with Gasteiger partial charge in [0.1, 0.15) is 19.3 Å². The summed E-state index contributed by atoms with van der Waals surface area (Å²) in [7, 11) is -9.92. The number of carbonyl (C=O) groups is 4. The van der Waals surface area contributed by atoms with Gasteiger partial charge in [-0.1, -0.05) is 364 Å². The maximum absolute atomic E-state index is 13.1. The first-order valence-electron chi connectivity index (χ1n) is 41.7. The maximum Gasteiger partial charge on any atom is 0.472 e. The van der Waals surface area contributed by atoms with Gasteiger partial charge in [0.25, 0.3) is 0 Å². The van der Waals surface area contributed by atoms with Gasteiger partial charge < -0.3 is 33.8 Å². The summed E-state index contributed by atoms with van der Waals surface area (Å²) in [6, 6.07) is 0. The van der Waals surface area contributed by atoms with E-state index in [9.17, 15) is 43.2 Å². The van der Waals surface area contributed by atoms with Gasteiger partial charge in [-0.05, 0) is 49.4 Å². The third-order valence-corrected chi connectivity index (χ3v) is 21.1. The molecule has 0 heterocycles. The van der Waals surface area contributed by atoms with E-state index < -0.39 is 97.5 Å². The largest absolute Gasteiger partial charge is 0.472 e. The van der Waals surface area contributed by atoms with Crippen molar-refractivity contribution in [1.82, 2.24) is 0 Å². The number of phosphoric ester groups is 2. The van der Waals surface area contributed by atoms with Crippen molar-refractivity contribution in [1.29, 1.82) is 0 Å². The summed E-state index contributed by atoms with van der Waals surface area (Å²) in [6.45, 7) is 14.2. The minimum atomic E-state index is -4.96. The highest BCUT2D eigenvalue weighted by molar-refractivity contribution is 7.47. The molecule has 0 aromatic rings. The highest BCUT2D eigenvalue weighted by atomic mass is 31.2. The molecule has 3 N–H and O–H groups in total. The second-order valence-corrected chi connectivity index (χ2v) is 33.7. The lowest BCUT2D eigenvalue weighted by Gasteiger charge is -2.21. The summed E-state index contributed by atoms with van der Waals surface area (Å²) < 4.78 is 68.7. The molecule has 0 saturated carbocycles. The molecule has 0 aromatic carbocycles. The minimum Gasteiger partial charge on any atom is -0.462 e. The van der Waals surface area contributed by atoms with E-state index in [1.54, 1.807) is 0 Å². The normalized spacial score (nSPS) is 14.3. The molecule has 0 fully saturated rings. The van der Waals surface area contributed by atoms with E-state index in [1.165, 1.54) is 212 Å². The second kappa shape index (κ2) is 70.1. The van der Waals surface area contributed by atoms with Crippen LogP contribution in [0.4, 0.5) is 0 Å². The Balaban J connectivity index is 5.21. The van der Waals surface area contributed by atoms with E-state index in [2.05, 4.69) is 55.4 Å². The maximum atomic E-state index is 13.1. The van der Waals surface area contributed by atoms with Crippen LogP contribution in [0.2, 0.25) is 0 Å². The monoisotopic (exact) mass is 1470 g/mol. The fraction of sp³-hybridized carbons (Fsp3) is 0.951. The van der Waals surface area contributed by atoms with Crippen LogP contribution in [0.3, 0.4) is 0 Å². The smallest absolute Gasteiger partial charge is 0.462 e. The Bertz CT molecular complexity index is 1960. The number of unbranched alkanes of at least 4 members (excludes halogenated alkanes) is 43. The summed E-state index contributed by atoms with van der Waals surface area (Å²) in [4.78, 5) is 73.0. The number of phosphoric acid groups is 2. The van der Waals surface area contributed by atoms with Crippen molar-refractivity contribution in [3.8, 4) is 0 Å². The van der Waals surface area contributed by atoms with Crippen molar-refractivity contribution in [3.05, 3.63) is 0 Å². The molecule has 0 aromatic heterocycles. The lowest BCUT2D eigenvalue weighted by Crippen LogP contribution is -2.30. The van der Waals surface area contributed by atoms with Gasteiger partial charge in [0, 0.05) is 25.7 Å². The summed E-state index contributed by atoms with van der Waals surface area (Å²) >= 11 is 0. The van der Waals surface area contributed by atoms with Gasteiger partial charge in [-0.25, -0.2) is 9.13 Å². The lowest BCUT2D eigenvalue weighted by molar-refractivity contribution is -0.161. The zero-order chi connectivity index (χ0) is 73.8. The highest BCUT2D eigenvalue weighted by Crippen LogP contribution is 2.45. The van der Waals surface area contributed by atoms with Crippen LogP contribution in [0.5, 0.6) is 0 Å². The van der Waals surface area contributed by atoms with Crippen molar-refractivity contribution in [3.63, 3.8) is 0 Å². The molecule has 3 unspecified atom stereocenters. The van der Waals surface area contributed by atoms with Gasteiger partial charge in [-0.3, -0.25) is 37.3 Å². The molecule has 19 heteroatoms. The number of aliphatic hydroxyl groups excluding tert-OH is 1. The zero-order valence-corrected chi connectivity index (χ0v) is 67.6. The van der Waals surface area contributed by atoms with E-state index in [0.717, 1.165) is 120 Å².